The van der Waals surface area contributed by atoms with E-state index in [0.29, 0.717) is 5.82 Å². The number of hydrogen-bond acceptors (Lipinski definition) is 3. The van der Waals surface area contributed by atoms with Crippen molar-refractivity contribution in [3.63, 3.8) is 0 Å². The van der Waals surface area contributed by atoms with E-state index in [9.17, 15) is 4.39 Å². The Labute approximate surface area is 126 Å². The number of halogens is 2. The summed E-state index contributed by atoms with van der Waals surface area (Å²) in [6.45, 7) is 5.64. The molecule has 3 nitrogen and oxygen atoms in total. The highest BCUT2D eigenvalue weighted by Crippen LogP contribution is 2.35. The molecule has 20 heavy (non-hydrogen) atoms. The van der Waals surface area contributed by atoms with Gasteiger partial charge in [-0.25, -0.2) is 9.37 Å². The zero-order valence-electron chi connectivity index (χ0n) is 11.8. The summed E-state index contributed by atoms with van der Waals surface area (Å²) in [7, 11) is 1.46. The van der Waals surface area contributed by atoms with Gasteiger partial charge in [0, 0.05) is 17.4 Å². The van der Waals surface area contributed by atoms with Gasteiger partial charge in [-0.05, 0) is 60.0 Å². The van der Waals surface area contributed by atoms with Gasteiger partial charge in [-0.3, -0.25) is 0 Å². The Balaban J connectivity index is 2.48. The SMILES string of the molecule is COc1c(F)cc(C)c(Nc2ncc(C)cc2Br)c1C. The van der Waals surface area contributed by atoms with Crippen molar-refractivity contribution in [2.24, 2.45) is 0 Å². The molecule has 0 fully saturated rings. The normalized spacial score (nSPS) is 10.5. The molecule has 1 N–H and O–H groups in total. The number of aryl methyl sites for hydroxylation is 2. The average Bonchev–Trinajstić information content (AvgIpc) is 2.37. The number of ether oxygens (including phenoxy) is 1. The number of nitrogens with zero attached hydrogens (tertiary/aromatic N) is 1. The molecule has 1 aromatic carbocycles. The Morgan fingerprint density at radius 3 is 2.55 bits per heavy atom. The molecule has 1 aromatic heterocycles. The summed E-state index contributed by atoms with van der Waals surface area (Å²) in [5, 5.41) is 3.23. The van der Waals surface area contributed by atoms with Crippen LogP contribution in [0.4, 0.5) is 15.9 Å². The van der Waals surface area contributed by atoms with Gasteiger partial charge in [0.15, 0.2) is 11.6 Å². The Bertz CT molecular complexity index is 659. The number of anilines is 2. The van der Waals surface area contributed by atoms with Crippen molar-refractivity contribution < 1.29 is 9.13 Å². The van der Waals surface area contributed by atoms with E-state index in [1.165, 1.54) is 13.2 Å². The second-order valence-corrected chi connectivity index (χ2v) is 5.53. The number of nitrogens with one attached hydrogen (secondary N) is 1. The lowest BCUT2D eigenvalue weighted by Gasteiger charge is -2.16. The van der Waals surface area contributed by atoms with Crippen LogP contribution in [0.1, 0.15) is 16.7 Å². The maximum atomic E-state index is 13.8. The number of rotatable bonds is 3. The number of pyridine rings is 1. The van der Waals surface area contributed by atoms with Crippen molar-refractivity contribution in [1.29, 1.82) is 0 Å². The van der Waals surface area contributed by atoms with Crippen molar-refractivity contribution in [3.8, 4) is 5.75 Å². The van der Waals surface area contributed by atoms with Crippen molar-refractivity contribution >= 4 is 27.4 Å². The van der Waals surface area contributed by atoms with E-state index in [1.54, 1.807) is 6.20 Å². The zero-order chi connectivity index (χ0) is 14.9. The molecule has 2 aromatic rings. The summed E-state index contributed by atoms with van der Waals surface area (Å²) in [5.41, 5.74) is 3.39. The molecule has 0 saturated carbocycles. The van der Waals surface area contributed by atoms with E-state index >= 15 is 0 Å². The molecule has 2 rings (SSSR count). The van der Waals surface area contributed by atoms with Gasteiger partial charge >= 0.3 is 0 Å². The molecule has 0 aliphatic heterocycles. The van der Waals surface area contributed by atoms with E-state index in [4.69, 9.17) is 4.74 Å². The van der Waals surface area contributed by atoms with E-state index < -0.39 is 0 Å². The van der Waals surface area contributed by atoms with Crippen LogP contribution in [0.25, 0.3) is 0 Å². The summed E-state index contributed by atoms with van der Waals surface area (Å²) in [5.74, 6) is 0.584. The van der Waals surface area contributed by atoms with Crippen molar-refractivity contribution in [3.05, 3.63) is 45.3 Å². The first-order valence-electron chi connectivity index (χ1n) is 6.17. The number of benzene rings is 1. The van der Waals surface area contributed by atoms with Gasteiger partial charge in [-0.1, -0.05) is 0 Å². The summed E-state index contributed by atoms with van der Waals surface area (Å²) in [4.78, 5) is 4.34. The van der Waals surface area contributed by atoms with Gasteiger partial charge in [0.05, 0.1) is 11.6 Å². The molecule has 0 bridgehead atoms. The van der Waals surface area contributed by atoms with Crippen LogP contribution in [0.15, 0.2) is 22.8 Å². The fraction of sp³-hybridized carbons (Fsp3) is 0.267. The lowest BCUT2D eigenvalue weighted by atomic mass is 10.1. The molecule has 0 saturated heterocycles. The van der Waals surface area contributed by atoms with Crippen molar-refractivity contribution in [1.82, 2.24) is 4.98 Å². The molecule has 1 heterocycles. The zero-order valence-corrected chi connectivity index (χ0v) is 13.4. The largest absolute Gasteiger partial charge is 0.493 e. The topological polar surface area (TPSA) is 34.1 Å². The van der Waals surface area contributed by atoms with E-state index in [0.717, 1.165) is 26.9 Å². The van der Waals surface area contributed by atoms with Gasteiger partial charge < -0.3 is 10.1 Å². The van der Waals surface area contributed by atoms with Crippen LogP contribution < -0.4 is 10.1 Å². The Kier molecular flexibility index (Phi) is 4.28. The van der Waals surface area contributed by atoms with Crippen LogP contribution in [-0.2, 0) is 0 Å². The molecule has 0 amide bonds. The van der Waals surface area contributed by atoms with E-state index in [1.807, 2.05) is 26.8 Å². The van der Waals surface area contributed by atoms with Gasteiger partial charge in [-0.2, -0.15) is 0 Å². The lowest BCUT2D eigenvalue weighted by molar-refractivity contribution is 0.383. The maximum Gasteiger partial charge on any atom is 0.165 e. The van der Waals surface area contributed by atoms with E-state index in [-0.39, 0.29) is 11.6 Å². The van der Waals surface area contributed by atoms with E-state index in [2.05, 4.69) is 26.2 Å². The van der Waals surface area contributed by atoms with Gasteiger partial charge in [-0.15, -0.1) is 0 Å². The van der Waals surface area contributed by atoms with Crippen LogP contribution in [0.2, 0.25) is 0 Å². The third-order valence-electron chi connectivity index (χ3n) is 3.10. The number of aromatic nitrogens is 1. The molecule has 0 unspecified atom stereocenters. The van der Waals surface area contributed by atoms with Gasteiger partial charge in [0.2, 0.25) is 0 Å². The first-order valence-corrected chi connectivity index (χ1v) is 6.96. The average molecular weight is 339 g/mol. The Morgan fingerprint density at radius 2 is 1.95 bits per heavy atom. The van der Waals surface area contributed by atoms with Crippen molar-refractivity contribution in [2.45, 2.75) is 20.8 Å². The molecule has 0 aliphatic carbocycles. The van der Waals surface area contributed by atoms with Crippen LogP contribution >= 0.6 is 15.9 Å². The molecule has 0 spiro atoms. The summed E-state index contributed by atoms with van der Waals surface area (Å²) in [6, 6.07) is 3.43. The Hall–Kier alpha value is -1.62. The van der Waals surface area contributed by atoms with Crippen LogP contribution in [-0.4, -0.2) is 12.1 Å². The standard InChI is InChI=1S/C15H16BrFN2O/c1-8-5-11(16)15(18-7-8)19-13-9(2)6-12(17)14(20-4)10(13)3/h5-7H,1-4H3,(H,18,19). The molecule has 0 radical (unpaired) electrons. The lowest BCUT2D eigenvalue weighted by Crippen LogP contribution is -2.03. The predicted molar refractivity (Wildman–Crippen MR) is 82.4 cm³/mol. The fourth-order valence-corrected chi connectivity index (χ4v) is 2.67. The molecule has 0 atom stereocenters. The van der Waals surface area contributed by atoms with Crippen molar-refractivity contribution in [2.75, 3.05) is 12.4 Å². The molecular weight excluding hydrogens is 323 g/mol. The smallest absolute Gasteiger partial charge is 0.165 e. The minimum absolute atomic E-state index is 0.251. The quantitative estimate of drug-likeness (QED) is 0.883. The third kappa shape index (κ3) is 2.77. The monoisotopic (exact) mass is 338 g/mol. The fourth-order valence-electron chi connectivity index (χ4n) is 2.10. The first kappa shape index (κ1) is 14.8. The molecule has 5 heteroatoms. The minimum Gasteiger partial charge on any atom is -0.493 e. The first-order chi connectivity index (χ1) is 9.43. The molecular formula is C15H16BrFN2O. The highest BCUT2D eigenvalue weighted by molar-refractivity contribution is 9.10. The molecule has 0 aliphatic rings. The minimum atomic E-state index is -0.357. The number of methoxy groups -OCH3 is 1. The third-order valence-corrected chi connectivity index (χ3v) is 3.70. The summed E-state index contributed by atoms with van der Waals surface area (Å²) < 4.78 is 19.8. The summed E-state index contributed by atoms with van der Waals surface area (Å²) >= 11 is 3.47. The van der Waals surface area contributed by atoms with Crippen LogP contribution in [0.3, 0.4) is 0 Å². The maximum absolute atomic E-state index is 13.8. The van der Waals surface area contributed by atoms with Crippen LogP contribution in [0.5, 0.6) is 5.75 Å². The number of hydrogen-bond donors (Lipinski definition) is 1. The van der Waals surface area contributed by atoms with Gasteiger partial charge in [0.25, 0.3) is 0 Å². The Morgan fingerprint density at radius 1 is 1.25 bits per heavy atom. The second kappa shape index (κ2) is 5.79. The second-order valence-electron chi connectivity index (χ2n) is 4.68. The highest BCUT2D eigenvalue weighted by Gasteiger charge is 2.15. The highest BCUT2D eigenvalue weighted by atomic mass is 79.9. The van der Waals surface area contributed by atoms with Crippen LogP contribution in [0, 0.1) is 26.6 Å². The molecule has 106 valence electrons. The predicted octanol–water partition coefficient (Wildman–Crippen LogP) is 4.66. The summed E-state index contributed by atoms with van der Waals surface area (Å²) in [6.07, 6.45) is 1.78. The van der Waals surface area contributed by atoms with Gasteiger partial charge in [0.1, 0.15) is 5.82 Å².